The highest BCUT2D eigenvalue weighted by Crippen LogP contribution is 2.26. The molecule has 0 bridgehead atoms. The summed E-state index contributed by atoms with van der Waals surface area (Å²) in [6.45, 7) is 5.59. The van der Waals surface area contributed by atoms with Crippen molar-refractivity contribution in [3.05, 3.63) is 0 Å². The van der Waals surface area contributed by atoms with Gasteiger partial charge in [-0.15, -0.1) is 0 Å². The second kappa shape index (κ2) is 18.5. The van der Waals surface area contributed by atoms with Gasteiger partial charge in [0.1, 0.15) is 0 Å². The molecule has 1 atom stereocenters. The molecule has 164 valence electrons. The van der Waals surface area contributed by atoms with Crippen LogP contribution >= 0.6 is 23.5 Å². The van der Waals surface area contributed by atoms with Crippen LogP contribution in [0, 0.1) is 0 Å². The quantitative estimate of drug-likeness (QED) is 0.342. The molecule has 0 saturated carbocycles. The van der Waals surface area contributed by atoms with Gasteiger partial charge in [-0.2, -0.15) is 0 Å². The Bertz CT molecular complexity index is 445. The van der Waals surface area contributed by atoms with Crippen LogP contribution in [0.3, 0.4) is 0 Å². The highest BCUT2D eigenvalue weighted by molar-refractivity contribution is 8.14. The van der Waals surface area contributed by atoms with E-state index in [2.05, 4.69) is 5.32 Å². The number of rotatable bonds is 17. The van der Waals surface area contributed by atoms with Gasteiger partial charge in [0.2, 0.25) is 5.91 Å². The van der Waals surface area contributed by atoms with E-state index in [1.165, 1.54) is 23.5 Å². The van der Waals surface area contributed by atoms with E-state index in [1.807, 2.05) is 32.8 Å². The number of hydrogen-bond acceptors (Lipinski definition) is 6. The fraction of sp³-hybridized carbons (Fsp3) is 0.857. The second-order valence-electron chi connectivity index (χ2n) is 7.37. The minimum Gasteiger partial charge on any atom is -0.355 e. The first-order valence-electron chi connectivity index (χ1n) is 10.7. The molecule has 0 spiro atoms. The van der Waals surface area contributed by atoms with E-state index in [4.69, 9.17) is 0 Å². The molecule has 0 fully saturated rings. The van der Waals surface area contributed by atoms with Gasteiger partial charge in [0, 0.05) is 43.4 Å². The standard InChI is InChI=1S/C21H40N2O3S2/c1-5-10-20(25)27-17-14-18(28-21(26)11-6-2)12-8-7-9-13-19(24)22-15-16-23(3)4/h18H,5-17H2,1-4H3,(H,22,24). The normalized spacial score (nSPS) is 12.2. The summed E-state index contributed by atoms with van der Waals surface area (Å²) < 4.78 is 0. The van der Waals surface area contributed by atoms with Crippen LogP contribution in [0.25, 0.3) is 0 Å². The number of unbranched alkanes of at least 4 members (excludes halogenated alkanes) is 2. The van der Waals surface area contributed by atoms with Gasteiger partial charge in [0.05, 0.1) is 0 Å². The van der Waals surface area contributed by atoms with Crippen molar-refractivity contribution in [3.8, 4) is 0 Å². The van der Waals surface area contributed by atoms with Crippen LogP contribution in [-0.2, 0) is 14.4 Å². The van der Waals surface area contributed by atoms with Crippen LogP contribution < -0.4 is 5.32 Å². The summed E-state index contributed by atoms with van der Waals surface area (Å²) in [6.07, 6.45) is 8.38. The number of hydrogen-bond donors (Lipinski definition) is 1. The Morgan fingerprint density at radius 2 is 1.57 bits per heavy atom. The van der Waals surface area contributed by atoms with Crippen molar-refractivity contribution in [2.45, 2.75) is 83.3 Å². The van der Waals surface area contributed by atoms with Gasteiger partial charge in [-0.3, -0.25) is 14.4 Å². The molecule has 5 nitrogen and oxygen atoms in total. The van der Waals surface area contributed by atoms with Crippen molar-refractivity contribution >= 4 is 39.7 Å². The molecule has 1 amide bonds. The van der Waals surface area contributed by atoms with Crippen LogP contribution in [0.1, 0.15) is 78.1 Å². The number of carbonyl (C=O) groups is 3. The molecule has 0 aromatic heterocycles. The molecule has 0 aromatic rings. The third-order valence-corrected chi connectivity index (χ3v) is 6.46. The summed E-state index contributed by atoms with van der Waals surface area (Å²) in [5.74, 6) is 0.918. The van der Waals surface area contributed by atoms with Crippen molar-refractivity contribution in [2.75, 3.05) is 32.9 Å². The van der Waals surface area contributed by atoms with Gasteiger partial charge in [0.25, 0.3) is 0 Å². The molecule has 0 saturated heterocycles. The molecule has 0 rings (SSSR count). The third-order valence-electron chi connectivity index (χ3n) is 4.22. The molecular weight excluding hydrogens is 392 g/mol. The zero-order chi connectivity index (χ0) is 21.2. The maximum atomic E-state index is 12.0. The lowest BCUT2D eigenvalue weighted by atomic mass is 10.1. The number of thioether (sulfide) groups is 2. The maximum Gasteiger partial charge on any atom is 0.220 e. The number of carbonyl (C=O) groups excluding carboxylic acids is 3. The number of nitrogens with one attached hydrogen (secondary N) is 1. The molecule has 1 N–H and O–H groups in total. The molecule has 7 heteroatoms. The van der Waals surface area contributed by atoms with Gasteiger partial charge in [-0.1, -0.05) is 50.2 Å². The van der Waals surface area contributed by atoms with E-state index in [1.54, 1.807) is 0 Å². The van der Waals surface area contributed by atoms with E-state index in [0.717, 1.165) is 57.2 Å². The van der Waals surface area contributed by atoms with Crippen molar-refractivity contribution in [1.82, 2.24) is 10.2 Å². The summed E-state index contributed by atoms with van der Waals surface area (Å²) in [5.41, 5.74) is 0. The first-order chi connectivity index (χ1) is 13.4. The van der Waals surface area contributed by atoms with Crippen molar-refractivity contribution in [2.24, 2.45) is 0 Å². The predicted octanol–water partition coefficient (Wildman–Crippen LogP) is 4.49. The van der Waals surface area contributed by atoms with Gasteiger partial charge in [-0.05, 0) is 46.2 Å². The summed E-state index contributed by atoms with van der Waals surface area (Å²) >= 11 is 2.87. The van der Waals surface area contributed by atoms with E-state index < -0.39 is 0 Å². The summed E-state index contributed by atoms with van der Waals surface area (Å²) in [5, 5.41) is 3.74. The summed E-state index contributed by atoms with van der Waals surface area (Å²) in [6, 6.07) is 0. The second-order valence-corrected chi connectivity index (χ2v) is 9.88. The SMILES string of the molecule is CCCC(=O)SCCC(CCCCCC(=O)NCCN(C)C)SC(=O)CCC. The van der Waals surface area contributed by atoms with Crippen molar-refractivity contribution < 1.29 is 14.4 Å². The third kappa shape index (κ3) is 17.6. The van der Waals surface area contributed by atoms with Crippen molar-refractivity contribution in [1.29, 1.82) is 0 Å². The van der Waals surface area contributed by atoms with Gasteiger partial charge >= 0.3 is 0 Å². The summed E-state index contributed by atoms with van der Waals surface area (Å²) in [4.78, 5) is 37.5. The lowest BCUT2D eigenvalue weighted by Gasteiger charge is -2.15. The summed E-state index contributed by atoms with van der Waals surface area (Å²) in [7, 11) is 3.98. The molecular formula is C21H40N2O3S2. The Labute approximate surface area is 180 Å². The first kappa shape index (κ1) is 27.5. The van der Waals surface area contributed by atoms with Crippen molar-refractivity contribution in [3.63, 3.8) is 0 Å². The molecule has 28 heavy (non-hydrogen) atoms. The maximum absolute atomic E-state index is 12.0. The Balaban J connectivity index is 4.06. The highest BCUT2D eigenvalue weighted by atomic mass is 32.2. The fourth-order valence-electron chi connectivity index (χ4n) is 2.63. The molecule has 0 aliphatic rings. The Hall–Kier alpha value is -0.530. The smallest absolute Gasteiger partial charge is 0.220 e. The monoisotopic (exact) mass is 432 g/mol. The highest BCUT2D eigenvalue weighted by Gasteiger charge is 2.15. The van der Waals surface area contributed by atoms with Gasteiger partial charge in [-0.25, -0.2) is 0 Å². The molecule has 0 heterocycles. The van der Waals surface area contributed by atoms with E-state index in [9.17, 15) is 14.4 Å². The largest absolute Gasteiger partial charge is 0.355 e. The first-order valence-corrected chi connectivity index (χ1v) is 12.5. The van der Waals surface area contributed by atoms with Gasteiger partial charge in [0.15, 0.2) is 10.2 Å². The Kier molecular flexibility index (Phi) is 18.1. The van der Waals surface area contributed by atoms with Crippen LogP contribution in [0.4, 0.5) is 0 Å². The average Bonchev–Trinajstić information content (AvgIpc) is 2.61. The van der Waals surface area contributed by atoms with Crippen LogP contribution in [-0.4, -0.2) is 59.2 Å². The van der Waals surface area contributed by atoms with E-state index in [0.29, 0.717) is 25.8 Å². The minimum atomic E-state index is 0.122. The molecule has 1 unspecified atom stereocenters. The van der Waals surface area contributed by atoms with Crippen LogP contribution in [0.15, 0.2) is 0 Å². The minimum absolute atomic E-state index is 0.122. The molecule has 0 aliphatic heterocycles. The zero-order valence-electron chi connectivity index (χ0n) is 18.3. The van der Waals surface area contributed by atoms with E-state index >= 15 is 0 Å². The Morgan fingerprint density at radius 1 is 0.893 bits per heavy atom. The molecule has 0 aliphatic carbocycles. The lowest BCUT2D eigenvalue weighted by Crippen LogP contribution is -2.31. The molecule has 0 radical (unpaired) electrons. The Morgan fingerprint density at radius 3 is 2.21 bits per heavy atom. The zero-order valence-corrected chi connectivity index (χ0v) is 19.9. The topological polar surface area (TPSA) is 66.5 Å². The lowest BCUT2D eigenvalue weighted by molar-refractivity contribution is -0.121. The molecule has 0 aromatic carbocycles. The fourth-order valence-corrected chi connectivity index (χ4v) is 4.97. The number of nitrogens with zero attached hydrogens (tertiary/aromatic N) is 1. The van der Waals surface area contributed by atoms with E-state index in [-0.39, 0.29) is 21.4 Å². The van der Waals surface area contributed by atoms with Crippen LogP contribution in [0.5, 0.6) is 0 Å². The average molecular weight is 433 g/mol. The number of amides is 1. The van der Waals surface area contributed by atoms with Gasteiger partial charge < -0.3 is 10.2 Å². The predicted molar refractivity (Wildman–Crippen MR) is 123 cm³/mol. The number of likely N-dealkylation sites (N-methyl/N-ethyl adjacent to an activating group) is 1. The van der Waals surface area contributed by atoms with Crippen LogP contribution in [0.2, 0.25) is 0 Å².